The predicted molar refractivity (Wildman–Crippen MR) is 111 cm³/mol. The molecular formula is C21H26FN3O3S. The van der Waals surface area contributed by atoms with Crippen LogP contribution in [0.4, 0.5) is 10.1 Å². The number of sulfonamides is 1. The van der Waals surface area contributed by atoms with E-state index in [1.807, 2.05) is 17.9 Å². The van der Waals surface area contributed by atoms with Gasteiger partial charge in [0.1, 0.15) is 5.82 Å². The molecule has 1 aliphatic heterocycles. The molecule has 29 heavy (non-hydrogen) atoms. The van der Waals surface area contributed by atoms with Gasteiger partial charge in [-0.25, -0.2) is 12.8 Å². The van der Waals surface area contributed by atoms with Crippen LogP contribution >= 0.6 is 0 Å². The number of nitrogens with zero attached hydrogens (tertiary/aromatic N) is 3. The van der Waals surface area contributed by atoms with Crippen molar-refractivity contribution >= 4 is 21.6 Å². The van der Waals surface area contributed by atoms with E-state index in [0.29, 0.717) is 37.4 Å². The normalized spacial score (nSPS) is 15.1. The molecule has 8 heteroatoms. The van der Waals surface area contributed by atoms with Gasteiger partial charge in [0.25, 0.3) is 0 Å². The first kappa shape index (κ1) is 21.3. The number of carbonyl (C=O) groups excluding carboxylic acids is 1. The summed E-state index contributed by atoms with van der Waals surface area (Å²) in [5.74, 6) is -0.541. The lowest BCUT2D eigenvalue weighted by atomic mass is 10.2. The molecule has 6 nitrogen and oxygen atoms in total. The first-order chi connectivity index (χ1) is 13.7. The number of piperazine rings is 1. The topological polar surface area (TPSA) is 60.9 Å². The Kier molecular flexibility index (Phi) is 6.24. The minimum Gasteiger partial charge on any atom is -0.366 e. The van der Waals surface area contributed by atoms with Crippen LogP contribution in [0.25, 0.3) is 0 Å². The molecule has 0 N–H and O–H groups in total. The van der Waals surface area contributed by atoms with Crippen molar-refractivity contribution in [2.45, 2.75) is 18.7 Å². The van der Waals surface area contributed by atoms with E-state index in [1.54, 1.807) is 42.2 Å². The van der Waals surface area contributed by atoms with Gasteiger partial charge in [0, 0.05) is 33.2 Å². The van der Waals surface area contributed by atoms with Gasteiger partial charge in [-0.15, -0.1) is 0 Å². The van der Waals surface area contributed by atoms with Crippen LogP contribution in [-0.2, 0) is 14.8 Å². The zero-order chi connectivity index (χ0) is 21.2. The molecular weight excluding hydrogens is 393 g/mol. The van der Waals surface area contributed by atoms with E-state index in [-0.39, 0.29) is 23.2 Å². The van der Waals surface area contributed by atoms with Crippen molar-refractivity contribution in [2.24, 2.45) is 0 Å². The standard InChI is InChI=1S/C21H26FN3O3S/c1-16-8-9-17(2)20(14-16)29(27,28)23(3)15-21(26)25-12-10-24(11-13-25)19-7-5-4-6-18(19)22/h4-9,14H,10-13,15H2,1-3H3. The minimum absolute atomic E-state index is 0.220. The summed E-state index contributed by atoms with van der Waals surface area (Å²) >= 11 is 0. The van der Waals surface area contributed by atoms with E-state index >= 15 is 0 Å². The molecule has 0 unspecified atom stereocenters. The van der Waals surface area contributed by atoms with Crippen LogP contribution in [-0.4, -0.2) is 63.3 Å². The molecule has 2 aromatic rings. The van der Waals surface area contributed by atoms with E-state index in [4.69, 9.17) is 0 Å². The van der Waals surface area contributed by atoms with Crippen LogP contribution in [0.5, 0.6) is 0 Å². The van der Waals surface area contributed by atoms with Gasteiger partial charge in [-0.2, -0.15) is 4.31 Å². The second-order valence-corrected chi connectivity index (χ2v) is 9.36. The average molecular weight is 420 g/mol. The Morgan fingerprint density at radius 1 is 1.07 bits per heavy atom. The summed E-state index contributed by atoms with van der Waals surface area (Å²) in [6.45, 7) is 5.19. The zero-order valence-electron chi connectivity index (χ0n) is 16.9. The minimum atomic E-state index is -3.76. The molecule has 1 aliphatic rings. The fraction of sp³-hybridized carbons (Fsp3) is 0.381. The molecule has 0 saturated carbocycles. The molecule has 1 fully saturated rings. The Balaban J connectivity index is 1.63. The highest BCUT2D eigenvalue weighted by Gasteiger charge is 2.28. The average Bonchev–Trinajstić information content (AvgIpc) is 2.70. The van der Waals surface area contributed by atoms with Gasteiger partial charge in [0.2, 0.25) is 15.9 Å². The lowest BCUT2D eigenvalue weighted by molar-refractivity contribution is -0.131. The Bertz CT molecular complexity index is 1000. The quantitative estimate of drug-likeness (QED) is 0.747. The summed E-state index contributed by atoms with van der Waals surface area (Å²) in [4.78, 5) is 16.4. The maximum atomic E-state index is 14.0. The van der Waals surface area contributed by atoms with Crippen LogP contribution in [0.1, 0.15) is 11.1 Å². The number of likely N-dealkylation sites (N-methyl/N-ethyl adjacent to an activating group) is 1. The van der Waals surface area contributed by atoms with E-state index in [9.17, 15) is 17.6 Å². The molecule has 0 bridgehead atoms. The molecule has 0 spiro atoms. The third kappa shape index (κ3) is 4.59. The number of hydrogen-bond donors (Lipinski definition) is 0. The van der Waals surface area contributed by atoms with Gasteiger partial charge in [-0.05, 0) is 43.2 Å². The monoisotopic (exact) mass is 419 g/mol. The molecule has 0 radical (unpaired) electrons. The first-order valence-electron chi connectivity index (χ1n) is 9.51. The maximum absolute atomic E-state index is 14.0. The fourth-order valence-electron chi connectivity index (χ4n) is 3.43. The Labute approximate surface area is 171 Å². The van der Waals surface area contributed by atoms with Gasteiger partial charge >= 0.3 is 0 Å². The molecule has 0 atom stereocenters. The Hall–Kier alpha value is -2.45. The maximum Gasteiger partial charge on any atom is 0.243 e. The SMILES string of the molecule is Cc1ccc(C)c(S(=O)(=O)N(C)CC(=O)N2CCN(c3ccccc3F)CC2)c1. The summed E-state index contributed by atoms with van der Waals surface area (Å²) < 4.78 is 40.9. The molecule has 1 saturated heterocycles. The summed E-state index contributed by atoms with van der Waals surface area (Å²) in [5, 5.41) is 0. The first-order valence-corrected chi connectivity index (χ1v) is 10.9. The molecule has 1 heterocycles. The van der Waals surface area contributed by atoms with Gasteiger partial charge in [-0.1, -0.05) is 24.3 Å². The number of anilines is 1. The molecule has 3 rings (SSSR count). The van der Waals surface area contributed by atoms with E-state index in [2.05, 4.69) is 0 Å². The highest BCUT2D eigenvalue weighted by Crippen LogP contribution is 2.22. The van der Waals surface area contributed by atoms with Crippen LogP contribution in [0, 0.1) is 19.7 Å². The van der Waals surface area contributed by atoms with Crippen LogP contribution in [0.3, 0.4) is 0 Å². The van der Waals surface area contributed by atoms with Gasteiger partial charge in [0.05, 0.1) is 17.1 Å². The third-order valence-corrected chi connectivity index (χ3v) is 7.16. The molecule has 0 aliphatic carbocycles. The van der Waals surface area contributed by atoms with Crippen molar-refractivity contribution in [3.05, 3.63) is 59.4 Å². The summed E-state index contributed by atoms with van der Waals surface area (Å²) in [6.07, 6.45) is 0. The van der Waals surface area contributed by atoms with E-state index in [1.165, 1.54) is 13.1 Å². The number of carbonyl (C=O) groups is 1. The second kappa shape index (κ2) is 8.51. The van der Waals surface area contributed by atoms with Gasteiger partial charge < -0.3 is 9.80 Å². The van der Waals surface area contributed by atoms with Crippen LogP contribution in [0.15, 0.2) is 47.4 Å². The van der Waals surface area contributed by atoms with Crippen molar-refractivity contribution in [1.82, 2.24) is 9.21 Å². The summed E-state index contributed by atoms with van der Waals surface area (Å²) in [7, 11) is -2.34. The van der Waals surface area contributed by atoms with Crippen LogP contribution in [0.2, 0.25) is 0 Å². The number of halogens is 1. The smallest absolute Gasteiger partial charge is 0.243 e. The van der Waals surface area contributed by atoms with E-state index < -0.39 is 10.0 Å². The summed E-state index contributed by atoms with van der Waals surface area (Å²) in [5.41, 5.74) is 2.01. The largest absolute Gasteiger partial charge is 0.366 e. The van der Waals surface area contributed by atoms with Crippen molar-refractivity contribution in [2.75, 3.05) is 44.7 Å². The number of rotatable bonds is 5. The predicted octanol–water partition coefficient (Wildman–Crippen LogP) is 2.41. The van der Waals surface area contributed by atoms with Crippen molar-refractivity contribution in [3.8, 4) is 0 Å². The highest BCUT2D eigenvalue weighted by atomic mass is 32.2. The lowest BCUT2D eigenvalue weighted by Crippen LogP contribution is -2.51. The molecule has 1 amide bonds. The van der Waals surface area contributed by atoms with Crippen molar-refractivity contribution in [1.29, 1.82) is 0 Å². The fourth-order valence-corrected chi connectivity index (χ4v) is 4.86. The van der Waals surface area contributed by atoms with E-state index in [0.717, 1.165) is 9.87 Å². The zero-order valence-corrected chi connectivity index (χ0v) is 17.7. The van der Waals surface area contributed by atoms with Gasteiger partial charge in [-0.3, -0.25) is 4.79 Å². The van der Waals surface area contributed by atoms with Crippen LogP contribution < -0.4 is 4.90 Å². The summed E-state index contributed by atoms with van der Waals surface area (Å²) in [6, 6.07) is 11.8. The van der Waals surface area contributed by atoms with Gasteiger partial charge in [0.15, 0.2) is 0 Å². The number of amides is 1. The number of hydrogen-bond acceptors (Lipinski definition) is 4. The van der Waals surface area contributed by atoms with Crippen molar-refractivity contribution < 1.29 is 17.6 Å². The Morgan fingerprint density at radius 3 is 2.38 bits per heavy atom. The van der Waals surface area contributed by atoms with Crippen molar-refractivity contribution in [3.63, 3.8) is 0 Å². The Morgan fingerprint density at radius 2 is 1.72 bits per heavy atom. The molecule has 0 aromatic heterocycles. The highest BCUT2D eigenvalue weighted by molar-refractivity contribution is 7.89. The number of aryl methyl sites for hydroxylation is 2. The number of para-hydroxylation sites is 1. The lowest BCUT2D eigenvalue weighted by Gasteiger charge is -2.36. The molecule has 2 aromatic carbocycles. The third-order valence-electron chi connectivity index (χ3n) is 5.22. The molecule has 156 valence electrons. The second-order valence-electron chi connectivity index (χ2n) is 7.35. The number of benzene rings is 2.